The van der Waals surface area contributed by atoms with Crippen LogP contribution in [0.4, 0.5) is 0 Å². The van der Waals surface area contributed by atoms with Gasteiger partial charge in [0, 0.05) is 45.0 Å². The maximum Gasteiger partial charge on any atom is 0.248 e. The SMILES string of the molecule is CN(C[C@@H]1CCCN(C)[C@H]1c1cnn(C)c1)C(=O)COCC1CCCO1. The Morgan fingerprint density at radius 1 is 1.38 bits per heavy atom. The van der Waals surface area contributed by atoms with Crippen molar-refractivity contribution >= 4 is 5.91 Å². The molecule has 26 heavy (non-hydrogen) atoms. The highest BCUT2D eigenvalue weighted by atomic mass is 16.5. The summed E-state index contributed by atoms with van der Waals surface area (Å²) in [6, 6.07) is 0.306. The second-order valence-corrected chi connectivity index (χ2v) is 7.70. The van der Waals surface area contributed by atoms with Crippen molar-refractivity contribution in [2.45, 2.75) is 37.8 Å². The van der Waals surface area contributed by atoms with Gasteiger partial charge in [0.2, 0.25) is 5.91 Å². The van der Waals surface area contributed by atoms with Crippen molar-refractivity contribution in [3.05, 3.63) is 18.0 Å². The molecule has 2 saturated heterocycles. The van der Waals surface area contributed by atoms with Crippen LogP contribution in [-0.4, -0.2) is 78.6 Å². The molecule has 0 aromatic carbocycles. The maximum absolute atomic E-state index is 12.4. The summed E-state index contributed by atoms with van der Waals surface area (Å²) in [7, 11) is 5.99. The van der Waals surface area contributed by atoms with Crippen LogP contribution in [0.1, 0.15) is 37.3 Å². The van der Waals surface area contributed by atoms with Crippen LogP contribution in [-0.2, 0) is 21.3 Å². The number of rotatable bonds is 7. The molecule has 3 atom stereocenters. The van der Waals surface area contributed by atoms with E-state index in [1.54, 1.807) is 0 Å². The number of likely N-dealkylation sites (N-methyl/N-ethyl adjacent to an activating group) is 1. The van der Waals surface area contributed by atoms with E-state index in [1.165, 1.54) is 5.56 Å². The highest BCUT2D eigenvalue weighted by Crippen LogP contribution is 2.35. The van der Waals surface area contributed by atoms with Gasteiger partial charge in [0.25, 0.3) is 0 Å². The number of piperidine rings is 1. The zero-order valence-corrected chi connectivity index (χ0v) is 16.3. The summed E-state index contributed by atoms with van der Waals surface area (Å²) in [5.41, 5.74) is 1.23. The first-order valence-electron chi connectivity index (χ1n) is 9.66. The molecule has 1 aromatic rings. The van der Waals surface area contributed by atoms with Gasteiger partial charge in [0.1, 0.15) is 6.61 Å². The molecule has 7 heteroatoms. The lowest BCUT2D eigenvalue weighted by Gasteiger charge is -2.40. The van der Waals surface area contributed by atoms with Crippen LogP contribution in [0.25, 0.3) is 0 Å². The van der Waals surface area contributed by atoms with E-state index in [1.807, 2.05) is 29.9 Å². The van der Waals surface area contributed by atoms with Crippen molar-refractivity contribution < 1.29 is 14.3 Å². The number of nitrogens with zero attached hydrogens (tertiary/aromatic N) is 4. The van der Waals surface area contributed by atoms with E-state index in [0.29, 0.717) is 18.6 Å². The van der Waals surface area contributed by atoms with Crippen molar-refractivity contribution in [2.24, 2.45) is 13.0 Å². The molecule has 1 unspecified atom stereocenters. The Morgan fingerprint density at radius 3 is 2.92 bits per heavy atom. The summed E-state index contributed by atoms with van der Waals surface area (Å²) < 4.78 is 13.0. The highest BCUT2D eigenvalue weighted by molar-refractivity contribution is 5.77. The van der Waals surface area contributed by atoms with E-state index in [0.717, 1.165) is 45.4 Å². The molecule has 3 rings (SSSR count). The molecule has 0 spiro atoms. The summed E-state index contributed by atoms with van der Waals surface area (Å²) >= 11 is 0. The van der Waals surface area contributed by atoms with Gasteiger partial charge in [-0.15, -0.1) is 0 Å². The van der Waals surface area contributed by atoms with E-state index < -0.39 is 0 Å². The summed E-state index contributed by atoms with van der Waals surface area (Å²) in [5.74, 6) is 0.450. The highest BCUT2D eigenvalue weighted by Gasteiger charge is 2.32. The quantitative estimate of drug-likeness (QED) is 0.733. The van der Waals surface area contributed by atoms with Gasteiger partial charge in [-0.3, -0.25) is 14.4 Å². The summed E-state index contributed by atoms with van der Waals surface area (Å²) in [4.78, 5) is 16.7. The van der Waals surface area contributed by atoms with Crippen molar-refractivity contribution in [2.75, 3.05) is 47.0 Å². The van der Waals surface area contributed by atoms with Crippen LogP contribution in [0.5, 0.6) is 0 Å². The molecule has 0 radical (unpaired) electrons. The summed E-state index contributed by atoms with van der Waals surface area (Å²) in [5, 5.41) is 4.33. The van der Waals surface area contributed by atoms with E-state index >= 15 is 0 Å². The van der Waals surface area contributed by atoms with Crippen LogP contribution in [0.15, 0.2) is 12.4 Å². The van der Waals surface area contributed by atoms with Gasteiger partial charge in [-0.2, -0.15) is 5.10 Å². The lowest BCUT2D eigenvalue weighted by Crippen LogP contribution is -2.43. The van der Waals surface area contributed by atoms with Gasteiger partial charge < -0.3 is 14.4 Å². The minimum Gasteiger partial charge on any atom is -0.376 e. The average Bonchev–Trinajstić information content (AvgIpc) is 3.26. The second-order valence-electron chi connectivity index (χ2n) is 7.70. The topological polar surface area (TPSA) is 59.8 Å². The number of hydrogen-bond acceptors (Lipinski definition) is 5. The molecule has 7 nitrogen and oxygen atoms in total. The Morgan fingerprint density at radius 2 is 2.23 bits per heavy atom. The first kappa shape index (κ1) is 19.3. The van der Waals surface area contributed by atoms with Crippen molar-refractivity contribution in [1.82, 2.24) is 19.6 Å². The van der Waals surface area contributed by atoms with Crippen LogP contribution >= 0.6 is 0 Å². The van der Waals surface area contributed by atoms with Gasteiger partial charge in [-0.25, -0.2) is 0 Å². The Hall–Kier alpha value is -1.44. The van der Waals surface area contributed by atoms with Crippen molar-refractivity contribution in [1.29, 1.82) is 0 Å². The fourth-order valence-corrected chi connectivity index (χ4v) is 4.19. The number of amides is 1. The number of likely N-dealkylation sites (tertiary alicyclic amines) is 1. The van der Waals surface area contributed by atoms with E-state index in [-0.39, 0.29) is 18.6 Å². The predicted molar refractivity (Wildman–Crippen MR) is 98.7 cm³/mol. The minimum atomic E-state index is 0.0427. The zero-order chi connectivity index (χ0) is 18.5. The largest absolute Gasteiger partial charge is 0.376 e. The first-order chi connectivity index (χ1) is 12.5. The van der Waals surface area contributed by atoms with Gasteiger partial charge in [0.05, 0.1) is 18.9 Å². The van der Waals surface area contributed by atoms with E-state index in [4.69, 9.17) is 9.47 Å². The number of aromatic nitrogens is 2. The van der Waals surface area contributed by atoms with Gasteiger partial charge >= 0.3 is 0 Å². The number of carbonyl (C=O) groups excluding carboxylic acids is 1. The average molecular weight is 364 g/mol. The zero-order valence-electron chi connectivity index (χ0n) is 16.3. The molecule has 2 aliphatic rings. The van der Waals surface area contributed by atoms with Crippen molar-refractivity contribution in [3.8, 4) is 0 Å². The van der Waals surface area contributed by atoms with Gasteiger partial charge in [0.15, 0.2) is 0 Å². The van der Waals surface area contributed by atoms with Crippen LogP contribution in [0.3, 0.4) is 0 Å². The molecule has 3 heterocycles. The third-order valence-corrected chi connectivity index (χ3v) is 5.56. The molecule has 2 aliphatic heterocycles. The van der Waals surface area contributed by atoms with E-state index in [9.17, 15) is 4.79 Å². The minimum absolute atomic E-state index is 0.0427. The molecule has 2 fully saturated rings. The van der Waals surface area contributed by atoms with Crippen molar-refractivity contribution in [3.63, 3.8) is 0 Å². The van der Waals surface area contributed by atoms with Gasteiger partial charge in [-0.05, 0) is 45.2 Å². The smallest absolute Gasteiger partial charge is 0.248 e. The molecule has 0 bridgehead atoms. The normalized spacial score (nSPS) is 27.0. The monoisotopic (exact) mass is 364 g/mol. The Bertz CT molecular complexity index is 585. The molecule has 146 valence electrons. The number of aryl methyl sites for hydroxylation is 1. The fraction of sp³-hybridized carbons (Fsp3) is 0.789. The lowest BCUT2D eigenvalue weighted by molar-refractivity contribution is -0.137. The fourth-order valence-electron chi connectivity index (χ4n) is 4.19. The van der Waals surface area contributed by atoms with Crippen LogP contribution in [0.2, 0.25) is 0 Å². The molecule has 0 aliphatic carbocycles. The molecular weight excluding hydrogens is 332 g/mol. The third-order valence-electron chi connectivity index (χ3n) is 5.56. The molecular formula is C19H32N4O3. The second kappa shape index (κ2) is 8.97. The summed E-state index contributed by atoms with van der Waals surface area (Å²) in [6.07, 6.45) is 8.61. The van der Waals surface area contributed by atoms with E-state index in [2.05, 4.69) is 23.2 Å². The predicted octanol–water partition coefficient (Wildman–Crippen LogP) is 1.46. The number of carbonyl (C=O) groups is 1. The molecule has 1 aromatic heterocycles. The Labute approximate surface area is 156 Å². The summed E-state index contributed by atoms with van der Waals surface area (Å²) in [6.45, 7) is 3.29. The number of ether oxygens (including phenoxy) is 2. The molecule has 1 amide bonds. The standard InChI is InChI=1S/C19H32N4O3/c1-21-8-4-6-15(19(21)16-10-20-23(3)12-16)11-22(2)18(24)14-25-13-17-7-5-9-26-17/h10,12,15,17,19H,4-9,11,13-14H2,1-3H3/t15-,17?,19+/m0/s1. The van der Waals surface area contributed by atoms with Gasteiger partial charge in [-0.1, -0.05) is 0 Å². The maximum atomic E-state index is 12.4. The molecule has 0 saturated carbocycles. The Balaban J connectivity index is 1.52. The third kappa shape index (κ3) is 4.84. The lowest BCUT2D eigenvalue weighted by atomic mass is 9.86. The first-order valence-corrected chi connectivity index (χ1v) is 9.66. The van der Waals surface area contributed by atoms with Crippen LogP contribution < -0.4 is 0 Å². The Kier molecular flexibility index (Phi) is 6.67. The van der Waals surface area contributed by atoms with Crippen LogP contribution in [0, 0.1) is 5.92 Å². The molecule has 0 N–H and O–H groups in total. The number of hydrogen-bond donors (Lipinski definition) is 0.